The molecular formula is C38H22N4. The maximum Gasteiger partial charge on any atom is 0.196 e. The van der Waals surface area contributed by atoms with Gasteiger partial charge < -0.3 is 9.13 Å². The molecule has 2 heterocycles. The molecule has 0 aliphatic heterocycles. The van der Waals surface area contributed by atoms with E-state index in [4.69, 9.17) is 6.57 Å². The second-order valence-electron chi connectivity index (χ2n) is 10.4. The Morgan fingerprint density at radius 3 is 1.36 bits per heavy atom. The molecule has 0 aliphatic carbocycles. The molecule has 0 spiro atoms. The van der Waals surface area contributed by atoms with Crippen molar-refractivity contribution < 1.29 is 0 Å². The summed E-state index contributed by atoms with van der Waals surface area (Å²) in [4.78, 5) is 3.83. The number of nitriles is 1. The van der Waals surface area contributed by atoms with E-state index in [9.17, 15) is 5.26 Å². The maximum atomic E-state index is 10.1. The third-order valence-corrected chi connectivity index (χ3v) is 8.15. The quantitative estimate of drug-likeness (QED) is 0.208. The van der Waals surface area contributed by atoms with Crippen molar-refractivity contribution in [3.8, 4) is 28.6 Å². The van der Waals surface area contributed by atoms with Gasteiger partial charge in [-0.2, -0.15) is 5.26 Å². The average Bonchev–Trinajstić information content (AvgIpc) is 3.57. The Kier molecular flexibility index (Phi) is 5.22. The lowest BCUT2D eigenvalue weighted by molar-refractivity contribution is 1.13. The minimum absolute atomic E-state index is 0.460. The Morgan fingerprint density at radius 2 is 0.952 bits per heavy atom. The first-order valence-corrected chi connectivity index (χ1v) is 13.8. The lowest BCUT2D eigenvalue weighted by atomic mass is 9.97. The second kappa shape index (κ2) is 9.24. The van der Waals surface area contributed by atoms with Crippen molar-refractivity contribution in [2.24, 2.45) is 0 Å². The van der Waals surface area contributed by atoms with Crippen molar-refractivity contribution in [3.63, 3.8) is 0 Å². The van der Waals surface area contributed by atoms with Crippen LogP contribution >= 0.6 is 0 Å². The average molecular weight is 535 g/mol. The van der Waals surface area contributed by atoms with Crippen molar-refractivity contribution in [1.29, 1.82) is 5.26 Å². The molecule has 8 aromatic rings. The van der Waals surface area contributed by atoms with Gasteiger partial charge >= 0.3 is 0 Å². The smallest absolute Gasteiger partial charge is 0.196 e. The molecule has 0 amide bonds. The molecule has 2 aromatic heterocycles. The van der Waals surface area contributed by atoms with Gasteiger partial charge in [0.25, 0.3) is 0 Å². The van der Waals surface area contributed by atoms with Crippen LogP contribution in [0.2, 0.25) is 0 Å². The van der Waals surface area contributed by atoms with Gasteiger partial charge in [-0.1, -0.05) is 84.9 Å². The Hall–Kier alpha value is -6.10. The standard InChI is InChI=1S/C38H22N4/c1-40-33-16-10-11-25(24-39)38(33)26-21-27(41-34-17-6-2-12-29(34)30-13-3-7-18-35(30)41)23-28(22-26)42-36-19-8-4-14-31(36)32-15-5-9-20-37(32)42/h2-23H. The third-order valence-electron chi connectivity index (χ3n) is 8.15. The predicted molar refractivity (Wildman–Crippen MR) is 172 cm³/mol. The van der Waals surface area contributed by atoms with Gasteiger partial charge in [0.05, 0.1) is 34.7 Å². The highest BCUT2D eigenvalue weighted by Gasteiger charge is 2.19. The van der Waals surface area contributed by atoms with Crippen LogP contribution in [0.3, 0.4) is 0 Å². The van der Waals surface area contributed by atoms with Crippen LogP contribution in [-0.4, -0.2) is 9.13 Å². The van der Waals surface area contributed by atoms with Gasteiger partial charge in [0.15, 0.2) is 5.69 Å². The molecule has 0 fully saturated rings. The van der Waals surface area contributed by atoms with Crippen LogP contribution in [0.1, 0.15) is 5.56 Å². The van der Waals surface area contributed by atoms with E-state index >= 15 is 0 Å². The summed E-state index contributed by atoms with van der Waals surface area (Å²) in [5, 5.41) is 14.8. The summed E-state index contributed by atoms with van der Waals surface area (Å²) in [6.45, 7) is 7.93. The summed E-state index contributed by atoms with van der Waals surface area (Å²) >= 11 is 0. The Labute approximate surface area is 242 Å². The van der Waals surface area contributed by atoms with Crippen LogP contribution in [0.15, 0.2) is 133 Å². The fourth-order valence-corrected chi connectivity index (χ4v) is 6.43. The molecule has 0 unspecified atom stereocenters. The zero-order chi connectivity index (χ0) is 28.2. The summed E-state index contributed by atoms with van der Waals surface area (Å²) in [6.07, 6.45) is 0. The van der Waals surface area contributed by atoms with Crippen molar-refractivity contribution in [1.82, 2.24) is 9.13 Å². The normalized spacial score (nSPS) is 11.3. The van der Waals surface area contributed by atoms with E-state index < -0.39 is 0 Å². The van der Waals surface area contributed by atoms with Crippen molar-refractivity contribution in [3.05, 3.63) is 150 Å². The highest BCUT2D eigenvalue weighted by Crippen LogP contribution is 2.40. The zero-order valence-electron chi connectivity index (χ0n) is 22.5. The van der Waals surface area contributed by atoms with E-state index in [0.29, 0.717) is 16.8 Å². The van der Waals surface area contributed by atoms with Gasteiger partial charge in [0.2, 0.25) is 0 Å². The number of hydrogen-bond donors (Lipinski definition) is 0. The lowest BCUT2D eigenvalue weighted by Gasteiger charge is -2.17. The SMILES string of the molecule is [C-]#[N+]c1cccc(C#N)c1-c1cc(-n2c3ccccc3c3ccccc32)cc(-n2c3ccccc3c3ccccc32)c1. The van der Waals surface area contributed by atoms with Crippen LogP contribution in [0.5, 0.6) is 0 Å². The van der Waals surface area contributed by atoms with Crippen LogP contribution < -0.4 is 0 Å². The number of aromatic nitrogens is 2. The lowest BCUT2D eigenvalue weighted by Crippen LogP contribution is -2.00. The van der Waals surface area contributed by atoms with Crippen LogP contribution in [-0.2, 0) is 0 Å². The summed E-state index contributed by atoms with van der Waals surface area (Å²) in [5.74, 6) is 0. The van der Waals surface area contributed by atoms with Gasteiger partial charge in [0, 0.05) is 44.0 Å². The van der Waals surface area contributed by atoms with Crippen LogP contribution in [0, 0.1) is 17.9 Å². The second-order valence-corrected chi connectivity index (χ2v) is 10.4. The number of hydrogen-bond acceptors (Lipinski definition) is 1. The topological polar surface area (TPSA) is 38.0 Å². The van der Waals surface area contributed by atoms with Crippen molar-refractivity contribution >= 4 is 49.3 Å². The molecule has 6 aromatic carbocycles. The van der Waals surface area contributed by atoms with Crippen molar-refractivity contribution in [2.75, 3.05) is 0 Å². The Balaban J connectivity index is 1.54. The minimum Gasteiger partial charge on any atom is -0.309 e. The summed E-state index contributed by atoms with van der Waals surface area (Å²) in [6, 6.07) is 47.9. The van der Waals surface area contributed by atoms with Crippen molar-refractivity contribution in [2.45, 2.75) is 0 Å². The van der Waals surface area contributed by atoms with E-state index in [1.165, 1.54) is 21.5 Å². The van der Waals surface area contributed by atoms with Gasteiger partial charge in [-0.25, -0.2) is 4.85 Å². The number of fused-ring (bicyclic) bond motifs is 6. The first kappa shape index (κ1) is 23.8. The molecule has 0 saturated heterocycles. The molecular weight excluding hydrogens is 512 g/mol. The van der Waals surface area contributed by atoms with E-state index in [1.54, 1.807) is 18.2 Å². The number of rotatable bonds is 3. The molecule has 0 atom stereocenters. The van der Waals surface area contributed by atoms with E-state index in [2.05, 4.69) is 135 Å². The molecule has 194 valence electrons. The fourth-order valence-electron chi connectivity index (χ4n) is 6.43. The summed E-state index contributed by atoms with van der Waals surface area (Å²) in [7, 11) is 0. The predicted octanol–water partition coefficient (Wildman–Crippen LogP) is 9.97. The number of benzene rings is 6. The van der Waals surface area contributed by atoms with Crippen LogP contribution in [0.4, 0.5) is 5.69 Å². The van der Waals surface area contributed by atoms with Gasteiger partial charge in [0.1, 0.15) is 0 Å². The molecule has 0 N–H and O–H groups in total. The minimum atomic E-state index is 0.460. The molecule has 0 saturated carbocycles. The van der Waals surface area contributed by atoms with Crippen LogP contribution in [0.25, 0.3) is 71.0 Å². The Bertz CT molecular complexity index is 2170. The number of para-hydroxylation sites is 4. The molecule has 42 heavy (non-hydrogen) atoms. The molecule has 8 rings (SSSR count). The molecule has 0 radical (unpaired) electrons. The first-order chi connectivity index (χ1) is 20.8. The van der Waals surface area contributed by atoms with Gasteiger partial charge in [-0.05, 0) is 54.1 Å². The molecule has 4 heteroatoms. The largest absolute Gasteiger partial charge is 0.309 e. The highest BCUT2D eigenvalue weighted by atomic mass is 15.0. The summed E-state index contributed by atoms with van der Waals surface area (Å²) in [5.41, 5.74) is 8.75. The highest BCUT2D eigenvalue weighted by molar-refractivity contribution is 6.10. The van der Waals surface area contributed by atoms with Gasteiger partial charge in [-0.15, -0.1) is 0 Å². The van der Waals surface area contributed by atoms with Gasteiger partial charge in [-0.3, -0.25) is 0 Å². The monoisotopic (exact) mass is 534 g/mol. The number of nitrogens with zero attached hydrogens (tertiary/aromatic N) is 4. The van der Waals surface area contributed by atoms with E-state index in [-0.39, 0.29) is 0 Å². The third kappa shape index (κ3) is 3.40. The Morgan fingerprint density at radius 1 is 0.524 bits per heavy atom. The molecule has 0 aliphatic rings. The first-order valence-electron chi connectivity index (χ1n) is 13.8. The molecule has 4 nitrogen and oxygen atoms in total. The molecule has 0 bridgehead atoms. The summed E-state index contributed by atoms with van der Waals surface area (Å²) < 4.78 is 4.58. The van der Waals surface area contributed by atoms with E-state index in [0.717, 1.165) is 39.0 Å². The van der Waals surface area contributed by atoms with E-state index in [1.807, 2.05) is 0 Å². The zero-order valence-corrected chi connectivity index (χ0v) is 22.5. The fraction of sp³-hybridized carbons (Fsp3) is 0. The maximum absolute atomic E-state index is 10.1.